The van der Waals surface area contributed by atoms with Gasteiger partial charge in [0.25, 0.3) is 0 Å². The standard InChI is InChI=1S/C15H22O3/c1-14(2)5-4-6-15(3)12(14)9-11(17)10-13(15)18-8-7-16/h9-10,16H,4-8H2,1-3H3/t15-/m0/s1. The first-order valence-corrected chi connectivity index (χ1v) is 6.62. The first-order chi connectivity index (χ1) is 8.40. The lowest BCUT2D eigenvalue weighted by Crippen LogP contribution is -2.39. The van der Waals surface area contributed by atoms with Crippen molar-refractivity contribution in [2.24, 2.45) is 10.8 Å². The van der Waals surface area contributed by atoms with E-state index < -0.39 is 0 Å². The molecule has 2 aliphatic rings. The Morgan fingerprint density at radius 3 is 2.67 bits per heavy atom. The van der Waals surface area contributed by atoms with Gasteiger partial charge >= 0.3 is 0 Å². The molecule has 0 aromatic heterocycles. The van der Waals surface area contributed by atoms with Crippen LogP contribution in [0.5, 0.6) is 0 Å². The van der Waals surface area contributed by atoms with Crippen molar-refractivity contribution in [3.63, 3.8) is 0 Å². The van der Waals surface area contributed by atoms with Gasteiger partial charge in [-0.2, -0.15) is 0 Å². The molecule has 1 atom stereocenters. The Bertz CT molecular complexity index is 417. The number of aliphatic hydroxyl groups excluding tert-OH is 1. The second kappa shape index (κ2) is 4.54. The van der Waals surface area contributed by atoms with Crippen molar-refractivity contribution in [3.8, 4) is 0 Å². The summed E-state index contributed by atoms with van der Waals surface area (Å²) < 4.78 is 5.62. The Labute approximate surface area is 109 Å². The molecule has 0 aromatic carbocycles. The van der Waals surface area contributed by atoms with E-state index in [0.29, 0.717) is 0 Å². The third-order valence-corrected chi connectivity index (χ3v) is 4.25. The van der Waals surface area contributed by atoms with Gasteiger partial charge < -0.3 is 9.84 Å². The van der Waals surface area contributed by atoms with Crippen molar-refractivity contribution in [1.29, 1.82) is 0 Å². The Kier molecular flexibility index (Phi) is 3.37. The molecule has 2 aliphatic carbocycles. The number of fused-ring (bicyclic) bond motifs is 1. The lowest BCUT2D eigenvalue weighted by atomic mass is 9.58. The average molecular weight is 250 g/mol. The van der Waals surface area contributed by atoms with Crippen LogP contribution < -0.4 is 0 Å². The Balaban J connectivity index is 2.37. The number of ether oxygens (including phenoxy) is 1. The van der Waals surface area contributed by atoms with Gasteiger partial charge in [0.05, 0.1) is 6.61 Å². The minimum absolute atomic E-state index is 0.00499. The van der Waals surface area contributed by atoms with Crippen molar-refractivity contribution in [3.05, 3.63) is 23.5 Å². The van der Waals surface area contributed by atoms with Crippen LogP contribution in [-0.2, 0) is 9.53 Å². The maximum absolute atomic E-state index is 11.8. The van der Waals surface area contributed by atoms with E-state index in [1.54, 1.807) is 12.2 Å². The fraction of sp³-hybridized carbons (Fsp3) is 0.667. The van der Waals surface area contributed by atoms with Crippen LogP contribution in [0.1, 0.15) is 40.0 Å². The summed E-state index contributed by atoms with van der Waals surface area (Å²) in [7, 11) is 0. The summed E-state index contributed by atoms with van der Waals surface area (Å²) in [6, 6.07) is 0. The third-order valence-electron chi connectivity index (χ3n) is 4.25. The van der Waals surface area contributed by atoms with E-state index >= 15 is 0 Å². The molecule has 0 spiro atoms. The Morgan fingerprint density at radius 1 is 1.28 bits per heavy atom. The fourth-order valence-electron chi connectivity index (χ4n) is 3.34. The van der Waals surface area contributed by atoms with E-state index in [-0.39, 0.29) is 29.8 Å². The predicted molar refractivity (Wildman–Crippen MR) is 69.9 cm³/mol. The Morgan fingerprint density at radius 2 is 2.00 bits per heavy atom. The highest BCUT2D eigenvalue weighted by Gasteiger charge is 2.47. The zero-order chi connectivity index (χ0) is 13.4. The van der Waals surface area contributed by atoms with Gasteiger partial charge in [0.15, 0.2) is 5.78 Å². The molecule has 0 aliphatic heterocycles. The van der Waals surface area contributed by atoms with Crippen LogP contribution in [0.15, 0.2) is 23.5 Å². The molecule has 18 heavy (non-hydrogen) atoms. The van der Waals surface area contributed by atoms with Gasteiger partial charge in [-0.15, -0.1) is 0 Å². The lowest BCUT2D eigenvalue weighted by molar-refractivity contribution is -0.111. The molecular weight excluding hydrogens is 228 g/mol. The highest BCUT2D eigenvalue weighted by atomic mass is 16.5. The lowest BCUT2D eigenvalue weighted by Gasteiger charge is -2.47. The molecule has 0 heterocycles. The summed E-state index contributed by atoms with van der Waals surface area (Å²) >= 11 is 0. The van der Waals surface area contributed by atoms with Crippen LogP contribution in [0.25, 0.3) is 0 Å². The first-order valence-electron chi connectivity index (χ1n) is 6.62. The second-order valence-corrected chi connectivity index (χ2v) is 6.11. The molecule has 0 amide bonds. The summed E-state index contributed by atoms with van der Waals surface area (Å²) in [5.74, 6) is 0.734. The molecule has 0 aromatic rings. The highest BCUT2D eigenvalue weighted by Crippen LogP contribution is 2.55. The van der Waals surface area contributed by atoms with Crippen molar-refractivity contribution in [2.45, 2.75) is 40.0 Å². The highest BCUT2D eigenvalue weighted by molar-refractivity contribution is 6.01. The van der Waals surface area contributed by atoms with Gasteiger partial charge in [-0.25, -0.2) is 0 Å². The zero-order valence-electron chi connectivity index (χ0n) is 11.5. The quantitative estimate of drug-likeness (QED) is 0.837. The van der Waals surface area contributed by atoms with Crippen LogP contribution in [-0.4, -0.2) is 24.1 Å². The summed E-state index contributed by atoms with van der Waals surface area (Å²) in [5, 5.41) is 8.89. The summed E-state index contributed by atoms with van der Waals surface area (Å²) in [5.41, 5.74) is 1.05. The zero-order valence-corrected chi connectivity index (χ0v) is 11.5. The van der Waals surface area contributed by atoms with Crippen LogP contribution in [0.4, 0.5) is 0 Å². The summed E-state index contributed by atoms with van der Waals surface area (Å²) in [6.07, 6.45) is 6.61. The van der Waals surface area contributed by atoms with E-state index in [2.05, 4.69) is 20.8 Å². The van der Waals surface area contributed by atoms with E-state index in [4.69, 9.17) is 9.84 Å². The summed E-state index contributed by atoms with van der Waals surface area (Å²) in [4.78, 5) is 11.8. The maximum Gasteiger partial charge on any atom is 0.182 e. The number of carbonyl (C=O) groups excluding carboxylic acids is 1. The predicted octanol–water partition coefficient (Wildman–Crippen LogP) is 2.60. The van der Waals surface area contributed by atoms with Gasteiger partial charge in [-0.05, 0) is 36.8 Å². The molecule has 3 nitrogen and oxygen atoms in total. The van der Waals surface area contributed by atoms with Gasteiger partial charge in [-0.1, -0.05) is 20.3 Å². The minimum atomic E-state index is -0.176. The molecule has 3 heteroatoms. The number of aliphatic hydroxyl groups is 1. The molecule has 0 unspecified atom stereocenters. The maximum atomic E-state index is 11.8. The van der Waals surface area contributed by atoms with E-state index in [1.807, 2.05) is 0 Å². The third kappa shape index (κ3) is 2.12. The van der Waals surface area contributed by atoms with Crippen molar-refractivity contribution < 1.29 is 14.6 Å². The van der Waals surface area contributed by atoms with Gasteiger partial charge in [-0.3, -0.25) is 4.79 Å². The molecule has 1 N–H and O–H groups in total. The van der Waals surface area contributed by atoms with Gasteiger partial charge in [0.2, 0.25) is 0 Å². The van der Waals surface area contributed by atoms with Crippen LogP contribution in [0, 0.1) is 10.8 Å². The molecule has 1 saturated carbocycles. The fourth-order valence-corrected chi connectivity index (χ4v) is 3.34. The number of hydrogen-bond acceptors (Lipinski definition) is 3. The number of allylic oxidation sites excluding steroid dienone is 3. The minimum Gasteiger partial charge on any atom is -0.494 e. The topological polar surface area (TPSA) is 46.5 Å². The Hall–Kier alpha value is -1.09. The average Bonchev–Trinajstić information content (AvgIpc) is 2.28. The van der Waals surface area contributed by atoms with Crippen molar-refractivity contribution in [1.82, 2.24) is 0 Å². The van der Waals surface area contributed by atoms with Gasteiger partial charge in [0.1, 0.15) is 12.4 Å². The van der Waals surface area contributed by atoms with Crippen molar-refractivity contribution >= 4 is 5.78 Å². The smallest absolute Gasteiger partial charge is 0.182 e. The normalized spacial score (nSPS) is 30.3. The molecule has 0 saturated heterocycles. The van der Waals surface area contributed by atoms with Crippen LogP contribution >= 0.6 is 0 Å². The van der Waals surface area contributed by atoms with E-state index in [0.717, 1.165) is 25.0 Å². The van der Waals surface area contributed by atoms with E-state index in [1.165, 1.54) is 5.57 Å². The number of carbonyl (C=O) groups is 1. The first kappa shape index (κ1) is 13.3. The number of hydrogen-bond donors (Lipinski definition) is 1. The molecule has 100 valence electrons. The molecule has 2 rings (SSSR count). The van der Waals surface area contributed by atoms with Crippen molar-refractivity contribution in [2.75, 3.05) is 13.2 Å². The van der Waals surface area contributed by atoms with Gasteiger partial charge in [0, 0.05) is 11.5 Å². The molecular formula is C15H22O3. The van der Waals surface area contributed by atoms with Crippen LogP contribution in [0.3, 0.4) is 0 Å². The largest absolute Gasteiger partial charge is 0.494 e. The number of rotatable bonds is 3. The second-order valence-electron chi connectivity index (χ2n) is 6.11. The SMILES string of the molecule is CC1(C)CCC[C@]2(C)C(OCCO)=CC(=O)C=C12. The molecule has 1 fully saturated rings. The van der Waals surface area contributed by atoms with Crippen LogP contribution in [0.2, 0.25) is 0 Å². The number of ketones is 1. The monoisotopic (exact) mass is 250 g/mol. The molecule has 0 radical (unpaired) electrons. The summed E-state index contributed by atoms with van der Waals surface area (Å²) in [6.45, 7) is 6.76. The molecule has 0 bridgehead atoms. The van der Waals surface area contributed by atoms with E-state index in [9.17, 15) is 4.79 Å².